The first-order chi connectivity index (χ1) is 13.5. The van der Waals surface area contributed by atoms with Gasteiger partial charge in [0.15, 0.2) is 0 Å². The van der Waals surface area contributed by atoms with Crippen LogP contribution >= 0.6 is 0 Å². The molecule has 0 spiro atoms. The van der Waals surface area contributed by atoms with E-state index >= 15 is 0 Å². The highest BCUT2D eigenvalue weighted by Crippen LogP contribution is 2.24. The summed E-state index contributed by atoms with van der Waals surface area (Å²) in [7, 11) is 0. The Morgan fingerprint density at radius 3 is 2.32 bits per heavy atom. The number of nitrogens with one attached hydrogen (secondary N) is 3. The predicted octanol–water partition coefficient (Wildman–Crippen LogP) is 5.06. The molecule has 0 saturated carbocycles. The minimum Gasteiger partial charge on any atom is -0.352 e. The standard InChI is InChI=1S/C22H25N5O/c1-4-15(2)23-22-26-20(17-8-6-5-7-9-17)14-21(27-22)25-19-12-10-18(11-13-19)24-16(3)28/h5-15H,4H2,1-3H3,(H,24,28)(H2,23,25,26,27)/t15-/m1/s1. The number of rotatable bonds is 7. The SMILES string of the molecule is CC[C@@H](C)Nc1nc(Nc2ccc(NC(C)=O)cc2)cc(-c2ccccc2)n1. The summed E-state index contributed by atoms with van der Waals surface area (Å²) in [6.07, 6.45) is 0.978. The van der Waals surface area contributed by atoms with E-state index in [2.05, 4.69) is 39.8 Å². The van der Waals surface area contributed by atoms with Gasteiger partial charge in [0.05, 0.1) is 5.69 Å². The molecule has 1 atom stereocenters. The second-order valence-corrected chi connectivity index (χ2v) is 6.67. The van der Waals surface area contributed by atoms with Gasteiger partial charge >= 0.3 is 0 Å². The maximum Gasteiger partial charge on any atom is 0.225 e. The molecule has 6 heteroatoms. The molecule has 1 aromatic heterocycles. The van der Waals surface area contributed by atoms with Gasteiger partial charge in [-0.25, -0.2) is 4.98 Å². The number of hydrogen-bond acceptors (Lipinski definition) is 5. The molecule has 0 saturated heterocycles. The zero-order chi connectivity index (χ0) is 19.9. The summed E-state index contributed by atoms with van der Waals surface area (Å²) in [5, 5.41) is 9.43. The van der Waals surface area contributed by atoms with E-state index in [1.165, 1.54) is 6.92 Å². The molecule has 0 fully saturated rings. The highest BCUT2D eigenvalue weighted by molar-refractivity contribution is 5.88. The number of aromatic nitrogens is 2. The van der Waals surface area contributed by atoms with E-state index in [-0.39, 0.29) is 11.9 Å². The van der Waals surface area contributed by atoms with Crippen LogP contribution < -0.4 is 16.0 Å². The number of carbonyl (C=O) groups is 1. The van der Waals surface area contributed by atoms with Crippen molar-refractivity contribution in [2.45, 2.75) is 33.2 Å². The van der Waals surface area contributed by atoms with E-state index in [4.69, 9.17) is 0 Å². The minimum atomic E-state index is -0.0928. The summed E-state index contributed by atoms with van der Waals surface area (Å²) < 4.78 is 0. The molecule has 6 nitrogen and oxygen atoms in total. The molecule has 2 aromatic carbocycles. The van der Waals surface area contributed by atoms with Crippen LogP contribution in [0.1, 0.15) is 27.2 Å². The molecule has 3 aromatic rings. The molecule has 144 valence electrons. The van der Waals surface area contributed by atoms with Crippen molar-refractivity contribution in [2.24, 2.45) is 0 Å². The zero-order valence-corrected chi connectivity index (χ0v) is 16.4. The van der Waals surface area contributed by atoms with Crippen molar-refractivity contribution in [3.05, 3.63) is 60.7 Å². The Morgan fingerprint density at radius 2 is 1.68 bits per heavy atom. The Hall–Kier alpha value is -3.41. The van der Waals surface area contributed by atoms with Crippen molar-refractivity contribution in [1.29, 1.82) is 0 Å². The first kappa shape index (κ1) is 19.4. The Bertz CT molecular complexity index is 925. The average molecular weight is 375 g/mol. The monoisotopic (exact) mass is 375 g/mol. The quantitative estimate of drug-likeness (QED) is 0.538. The lowest BCUT2D eigenvalue weighted by Gasteiger charge is -2.15. The molecular formula is C22H25N5O. The number of anilines is 4. The maximum absolute atomic E-state index is 11.2. The Morgan fingerprint density at radius 1 is 1.00 bits per heavy atom. The second-order valence-electron chi connectivity index (χ2n) is 6.67. The van der Waals surface area contributed by atoms with Gasteiger partial charge in [-0.1, -0.05) is 37.3 Å². The number of benzene rings is 2. The van der Waals surface area contributed by atoms with Gasteiger partial charge in [0, 0.05) is 36.0 Å². The van der Waals surface area contributed by atoms with E-state index in [9.17, 15) is 4.79 Å². The van der Waals surface area contributed by atoms with Gasteiger partial charge in [0.25, 0.3) is 0 Å². The summed E-state index contributed by atoms with van der Waals surface area (Å²) in [4.78, 5) is 20.4. The zero-order valence-electron chi connectivity index (χ0n) is 16.4. The van der Waals surface area contributed by atoms with Crippen LogP contribution in [0.3, 0.4) is 0 Å². The first-order valence-corrected chi connectivity index (χ1v) is 9.39. The molecule has 1 heterocycles. The van der Waals surface area contributed by atoms with Gasteiger partial charge in [-0.2, -0.15) is 4.98 Å². The van der Waals surface area contributed by atoms with Gasteiger partial charge in [-0.3, -0.25) is 4.79 Å². The summed E-state index contributed by atoms with van der Waals surface area (Å²) >= 11 is 0. The van der Waals surface area contributed by atoms with Gasteiger partial charge in [-0.15, -0.1) is 0 Å². The lowest BCUT2D eigenvalue weighted by Crippen LogP contribution is -2.16. The Labute approximate surface area is 165 Å². The topological polar surface area (TPSA) is 78.9 Å². The van der Waals surface area contributed by atoms with E-state index in [0.29, 0.717) is 11.8 Å². The number of hydrogen-bond donors (Lipinski definition) is 3. The van der Waals surface area contributed by atoms with Crippen molar-refractivity contribution in [1.82, 2.24) is 9.97 Å². The Kier molecular flexibility index (Phi) is 6.22. The second kappa shape index (κ2) is 8.99. The molecule has 28 heavy (non-hydrogen) atoms. The normalized spacial score (nSPS) is 11.5. The van der Waals surface area contributed by atoms with Gasteiger partial charge in [-0.05, 0) is 37.6 Å². The van der Waals surface area contributed by atoms with Crippen molar-refractivity contribution >= 4 is 29.0 Å². The third kappa shape index (κ3) is 5.30. The van der Waals surface area contributed by atoms with E-state index in [0.717, 1.165) is 29.1 Å². The van der Waals surface area contributed by atoms with Crippen LogP contribution in [0.4, 0.5) is 23.1 Å². The van der Waals surface area contributed by atoms with Crippen molar-refractivity contribution in [3.63, 3.8) is 0 Å². The molecule has 3 rings (SSSR count). The molecule has 0 aliphatic carbocycles. The van der Waals surface area contributed by atoms with Crippen LogP contribution in [0.25, 0.3) is 11.3 Å². The van der Waals surface area contributed by atoms with Gasteiger partial charge in [0.1, 0.15) is 5.82 Å². The molecule has 0 radical (unpaired) electrons. The lowest BCUT2D eigenvalue weighted by molar-refractivity contribution is -0.114. The number of carbonyl (C=O) groups excluding carboxylic acids is 1. The van der Waals surface area contributed by atoms with Crippen LogP contribution in [-0.4, -0.2) is 21.9 Å². The third-order valence-electron chi connectivity index (χ3n) is 4.26. The minimum absolute atomic E-state index is 0.0928. The highest BCUT2D eigenvalue weighted by atomic mass is 16.1. The summed E-state index contributed by atoms with van der Waals surface area (Å²) in [5.41, 5.74) is 3.51. The number of nitrogens with zero attached hydrogens (tertiary/aromatic N) is 2. The molecule has 3 N–H and O–H groups in total. The molecular weight excluding hydrogens is 350 g/mol. The molecule has 1 amide bonds. The lowest BCUT2D eigenvalue weighted by atomic mass is 10.1. The van der Waals surface area contributed by atoms with Crippen LogP contribution in [0.15, 0.2) is 60.7 Å². The van der Waals surface area contributed by atoms with Crippen molar-refractivity contribution in [2.75, 3.05) is 16.0 Å². The molecule has 0 aliphatic heterocycles. The van der Waals surface area contributed by atoms with Crippen LogP contribution in [-0.2, 0) is 4.79 Å². The fourth-order valence-corrected chi connectivity index (χ4v) is 2.64. The largest absolute Gasteiger partial charge is 0.352 e. The molecule has 0 bridgehead atoms. The summed E-state index contributed by atoms with van der Waals surface area (Å²) in [6.45, 7) is 5.71. The van der Waals surface area contributed by atoms with Gasteiger partial charge in [0.2, 0.25) is 11.9 Å². The molecule has 0 unspecified atom stereocenters. The molecule has 0 aliphatic rings. The third-order valence-corrected chi connectivity index (χ3v) is 4.26. The van der Waals surface area contributed by atoms with E-state index < -0.39 is 0 Å². The van der Waals surface area contributed by atoms with Gasteiger partial charge < -0.3 is 16.0 Å². The maximum atomic E-state index is 11.2. The van der Waals surface area contributed by atoms with E-state index in [1.807, 2.05) is 60.7 Å². The van der Waals surface area contributed by atoms with Crippen molar-refractivity contribution in [3.8, 4) is 11.3 Å². The fourth-order valence-electron chi connectivity index (χ4n) is 2.64. The fraction of sp³-hybridized carbons (Fsp3) is 0.227. The summed E-state index contributed by atoms with van der Waals surface area (Å²) in [5.74, 6) is 1.20. The summed E-state index contributed by atoms with van der Waals surface area (Å²) in [6, 6.07) is 19.7. The van der Waals surface area contributed by atoms with Crippen LogP contribution in [0, 0.1) is 0 Å². The first-order valence-electron chi connectivity index (χ1n) is 9.39. The number of amides is 1. The highest BCUT2D eigenvalue weighted by Gasteiger charge is 2.09. The predicted molar refractivity (Wildman–Crippen MR) is 115 cm³/mol. The van der Waals surface area contributed by atoms with Crippen LogP contribution in [0.2, 0.25) is 0 Å². The smallest absolute Gasteiger partial charge is 0.225 e. The van der Waals surface area contributed by atoms with E-state index in [1.54, 1.807) is 0 Å². The average Bonchev–Trinajstić information content (AvgIpc) is 2.69. The Balaban J connectivity index is 1.88. The van der Waals surface area contributed by atoms with Crippen molar-refractivity contribution < 1.29 is 4.79 Å². The van der Waals surface area contributed by atoms with Crippen LogP contribution in [0.5, 0.6) is 0 Å².